The second-order valence-electron chi connectivity index (χ2n) is 12.4. The highest BCUT2D eigenvalue weighted by Gasteiger charge is 2.70. The molecule has 3 N–H and O–H groups in total. The van der Waals surface area contributed by atoms with E-state index in [1.54, 1.807) is 24.3 Å². The van der Waals surface area contributed by atoms with E-state index in [0.717, 1.165) is 32.7 Å². The fourth-order valence-corrected chi connectivity index (χ4v) is 11.1. The molecule has 2 bridgehead atoms. The average molecular weight is 694 g/mol. The smallest absolute Gasteiger partial charge is 0.418 e. The van der Waals surface area contributed by atoms with Crippen molar-refractivity contribution in [2.24, 2.45) is 29.6 Å². The van der Waals surface area contributed by atoms with Crippen LogP contribution in [-0.4, -0.2) is 39.7 Å². The Kier molecular flexibility index (Phi) is 7.22. The molecule has 1 aromatic heterocycles. The number of aromatic amines is 1. The summed E-state index contributed by atoms with van der Waals surface area (Å²) in [5.74, 6) is -3.50. The van der Waals surface area contributed by atoms with Crippen molar-refractivity contribution in [1.82, 2.24) is 4.98 Å². The number of benzene rings is 3. The molecule has 2 aliphatic heterocycles. The van der Waals surface area contributed by atoms with Crippen LogP contribution in [0, 0.1) is 29.6 Å². The number of aromatic hydroxyl groups is 1. The molecule has 246 valence electrons. The lowest BCUT2D eigenvalue weighted by molar-refractivity contribution is -0.137. The number of para-hydroxylation sites is 1. The molecule has 48 heavy (non-hydrogen) atoms. The molecule has 1 saturated heterocycles. The largest absolute Gasteiger partial charge is 0.508 e. The summed E-state index contributed by atoms with van der Waals surface area (Å²) in [5.41, 5.74) is -0.0887. The van der Waals surface area contributed by atoms with Crippen molar-refractivity contribution >= 4 is 52.2 Å². The Bertz CT molecular complexity index is 2010. The zero-order valence-electron chi connectivity index (χ0n) is 24.8. The number of carbonyl (C=O) groups is 3. The fourth-order valence-electron chi connectivity index (χ4n) is 8.20. The standard InChI is InChI=1S/C34H26F3N3O6S2/c35-34(36,37)21-3-1-2-4-22(21)40-31(43)26-19-13-20(27(26)32(40)44)28-25(19)24(29-30(47-28)39-33(45)48-29)15-5-11-18(12-6-15)46-14-23(42)38-16-7-9-17(41)10-8-16/h1-12,19-20,24-28,41H,13-14H2,(H,38,42)(H,39,45)/t19-,20-,24-,25?,26?,27?,28?/m1/s1. The highest BCUT2D eigenvalue weighted by atomic mass is 32.2. The number of phenolic OH excluding ortho intramolecular Hbond substituents is 1. The maximum absolute atomic E-state index is 14.0. The van der Waals surface area contributed by atoms with Gasteiger partial charge in [-0.25, -0.2) is 4.90 Å². The monoisotopic (exact) mass is 693 g/mol. The molecule has 9 nitrogen and oxygen atoms in total. The zero-order valence-corrected chi connectivity index (χ0v) is 26.4. The molecule has 4 aromatic rings. The number of hydrogen-bond donors (Lipinski definition) is 3. The number of imide groups is 1. The van der Waals surface area contributed by atoms with Crippen LogP contribution < -0.4 is 19.8 Å². The lowest BCUT2D eigenvalue weighted by atomic mass is 9.68. The molecule has 4 unspecified atom stereocenters. The van der Waals surface area contributed by atoms with Crippen molar-refractivity contribution in [3.8, 4) is 11.5 Å². The zero-order chi connectivity index (χ0) is 33.5. The molecule has 0 radical (unpaired) electrons. The van der Waals surface area contributed by atoms with Gasteiger partial charge in [-0.1, -0.05) is 35.6 Å². The summed E-state index contributed by atoms with van der Waals surface area (Å²) < 4.78 is 47.5. The number of nitrogens with one attached hydrogen (secondary N) is 2. The number of phenols is 1. The Labute approximate surface area is 279 Å². The summed E-state index contributed by atoms with van der Waals surface area (Å²) in [6, 6.07) is 17.9. The van der Waals surface area contributed by atoms with E-state index in [4.69, 9.17) is 4.74 Å². The number of hydrogen-bond acceptors (Lipinski definition) is 8. The second kappa shape index (κ2) is 11.3. The topological polar surface area (TPSA) is 129 Å². The van der Waals surface area contributed by atoms with Crippen LogP contribution in [0.1, 0.15) is 28.3 Å². The van der Waals surface area contributed by atoms with E-state index in [9.17, 15) is 37.5 Å². The molecule has 2 aliphatic carbocycles. The molecule has 3 fully saturated rings. The van der Waals surface area contributed by atoms with E-state index >= 15 is 0 Å². The second-order valence-corrected chi connectivity index (χ2v) is 14.6. The van der Waals surface area contributed by atoms with E-state index in [-0.39, 0.29) is 46.2 Å². The van der Waals surface area contributed by atoms with Crippen LogP contribution in [0.15, 0.2) is 82.6 Å². The van der Waals surface area contributed by atoms with Gasteiger partial charge in [0.25, 0.3) is 5.91 Å². The van der Waals surface area contributed by atoms with Gasteiger partial charge in [0.2, 0.25) is 11.8 Å². The number of thiazole rings is 1. The third kappa shape index (κ3) is 4.91. The Balaban J connectivity index is 1.07. The lowest BCUT2D eigenvalue weighted by Crippen LogP contribution is -2.42. The Morgan fingerprint density at radius 3 is 2.35 bits per heavy atom. The van der Waals surface area contributed by atoms with Crippen molar-refractivity contribution in [2.75, 3.05) is 16.8 Å². The number of aromatic nitrogens is 1. The van der Waals surface area contributed by atoms with Gasteiger partial charge in [-0.2, -0.15) is 13.2 Å². The van der Waals surface area contributed by atoms with E-state index < -0.39 is 47.0 Å². The number of carbonyl (C=O) groups excluding carboxylic acids is 3. The molecule has 2 saturated carbocycles. The summed E-state index contributed by atoms with van der Waals surface area (Å²) in [6.45, 7) is -0.258. The third-order valence-electron chi connectivity index (χ3n) is 9.93. The van der Waals surface area contributed by atoms with Crippen molar-refractivity contribution in [3.63, 3.8) is 0 Å². The van der Waals surface area contributed by atoms with Crippen LogP contribution in [0.5, 0.6) is 11.5 Å². The molecule has 3 amide bonds. The number of rotatable bonds is 6. The number of H-pyrrole nitrogens is 1. The van der Waals surface area contributed by atoms with Crippen molar-refractivity contribution in [1.29, 1.82) is 0 Å². The molecule has 3 heterocycles. The summed E-state index contributed by atoms with van der Waals surface area (Å²) in [6.07, 6.45) is -4.15. The fraction of sp³-hybridized carbons (Fsp3) is 0.294. The number of nitrogens with zero attached hydrogens (tertiary/aromatic N) is 1. The van der Waals surface area contributed by atoms with Crippen LogP contribution in [0.4, 0.5) is 24.5 Å². The van der Waals surface area contributed by atoms with Crippen molar-refractivity contribution < 1.29 is 37.4 Å². The maximum Gasteiger partial charge on any atom is 0.418 e. The van der Waals surface area contributed by atoms with E-state index in [2.05, 4.69) is 10.3 Å². The molecule has 4 aliphatic rings. The minimum atomic E-state index is -4.74. The van der Waals surface area contributed by atoms with Gasteiger partial charge in [0.1, 0.15) is 11.5 Å². The minimum Gasteiger partial charge on any atom is -0.508 e. The highest BCUT2D eigenvalue weighted by molar-refractivity contribution is 8.00. The lowest BCUT2D eigenvalue weighted by Gasteiger charge is -2.43. The minimum absolute atomic E-state index is 0.0773. The predicted octanol–water partition coefficient (Wildman–Crippen LogP) is 5.86. The number of alkyl halides is 3. The van der Waals surface area contributed by atoms with Crippen molar-refractivity contribution in [3.05, 3.63) is 98.5 Å². The van der Waals surface area contributed by atoms with Crippen LogP contribution in [0.25, 0.3) is 0 Å². The number of thioether (sulfide) groups is 1. The molecular weight excluding hydrogens is 668 g/mol. The molecule has 14 heteroatoms. The number of anilines is 2. The summed E-state index contributed by atoms with van der Waals surface area (Å²) >= 11 is 2.59. The van der Waals surface area contributed by atoms with Crippen LogP contribution >= 0.6 is 23.1 Å². The SMILES string of the molecule is O=C(COc1ccc([C@H]2c3sc(=O)[nH]c3SC3C2[C@H]2C[C@@H]3C3C(=O)N(c4ccccc4C(F)(F)F)C(=O)C32)cc1)Nc1ccc(O)cc1. The van der Waals surface area contributed by atoms with Gasteiger partial charge < -0.3 is 20.1 Å². The van der Waals surface area contributed by atoms with E-state index in [1.807, 2.05) is 12.1 Å². The molecular formula is C34H26F3N3O6S2. The molecule has 8 rings (SSSR count). The van der Waals surface area contributed by atoms with Gasteiger partial charge >= 0.3 is 11.0 Å². The van der Waals surface area contributed by atoms with Crippen LogP contribution in [0.2, 0.25) is 0 Å². The molecule has 7 atom stereocenters. The first-order chi connectivity index (χ1) is 23.0. The quantitative estimate of drug-likeness (QED) is 0.171. The van der Waals surface area contributed by atoms with Gasteiger partial charge in [0.05, 0.1) is 28.1 Å². The Hall–Kier alpha value is -4.56. The third-order valence-corrected chi connectivity index (χ3v) is 12.5. The maximum atomic E-state index is 14.0. The van der Waals surface area contributed by atoms with E-state index in [1.165, 1.54) is 42.1 Å². The Morgan fingerprint density at radius 2 is 1.65 bits per heavy atom. The molecule has 3 aromatic carbocycles. The first-order valence-corrected chi connectivity index (χ1v) is 16.9. The molecule has 0 spiro atoms. The Morgan fingerprint density at radius 1 is 0.958 bits per heavy atom. The summed E-state index contributed by atoms with van der Waals surface area (Å²) in [5, 5.41) is 12.7. The number of amides is 3. The summed E-state index contributed by atoms with van der Waals surface area (Å²) in [7, 11) is 0. The van der Waals surface area contributed by atoms with Gasteiger partial charge in [-0.15, -0.1) is 11.8 Å². The number of halogens is 3. The van der Waals surface area contributed by atoms with Gasteiger partial charge in [-0.05, 0) is 78.3 Å². The van der Waals surface area contributed by atoms with Gasteiger partial charge in [0, 0.05) is 21.7 Å². The van der Waals surface area contributed by atoms with Gasteiger partial charge in [0.15, 0.2) is 6.61 Å². The summed E-state index contributed by atoms with van der Waals surface area (Å²) in [4.78, 5) is 57.0. The number of fused-ring (bicyclic) bond motifs is 9. The first-order valence-electron chi connectivity index (χ1n) is 15.2. The van der Waals surface area contributed by atoms with Crippen LogP contribution in [0.3, 0.4) is 0 Å². The van der Waals surface area contributed by atoms with Gasteiger partial charge in [-0.3, -0.25) is 19.2 Å². The first kappa shape index (κ1) is 30.8. The highest BCUT2D eigenvalue weighted by Crippen LogP contribution is 2.69. The predicted molar refractivity (Wildman–Crippen MR) is 171 cm³/mol. The van der Waals surface area contributed by atoms with Crippen LogP contribution in [-0.2, 0) is 20.6 Å². The van der Waals surface area contributed by atoms with Crippen molar-refractivity contribution in [2.45, 2.75) is 28.8 Å². The average Bonchev–Trinajstić information content (AvgIpc) is 3.80. The van der Waals surface area contributed by atoms with E-state index in [0.29, 0.717) is 22.9 Å². The number of ether oxygens (including phenoxy) is 1. The normalized spacial score (nSPS) is 27.1.